The molecule has 1 aromatic rings. The number of nitrogens with zero attached hydrogens (tertiary/aromatic N) is 1. The zero-order chi connectivity index (χ0) is 12.1. The van der Waals surface area contributed by atoms with Gasteiger partial charge in [-0.2, -0.15) is 5.26 Å². The Morgan fingerprint density at radius 1 is 1.56 bits per heavy atom. The van der Waals surface area contributed by atoms with Crippen LogP contribution in [0.2, 0.25) is 0 Å². The molecule has 0 radical (unpaired) electrons. The molecule has 0 unspecified atom stereocenters. The summed E-state index contributed by atoms with van der Waals surface area (Å²) in [6, 6.07) is 4.40. The van der Waals surface area contributed by atoms with Crippen LogP contribution in [0.1, 0.15) is 23.6 Å². The van der Waals surface area contributed by atoms with E-state index in [0.717, 1.165) is 0 Å². The van der Waals surface area contributed by atoms with Gasteiger partial charge in [-0.1, -0.05) is 0 Å². The highest BCUT2D eigenvalue weighted by atomic mass is 16.5. The molecule has 16 heavy (non-hydrogen) atoms. The number of hydrogen-bond donors (Lipinski definition) is 3. The second kappa shape index (κ2) is 5.35. The first-order chi connectivity index (χ1) is 7.65. The van der Waals surface area contributed by atoms with Gasteiger partial charge in [0.1, 0.15) is 0 Å². The van der Waals surface area contributed by atoms with Crippen LogP contribution in [-0.2, 0) is 0 Å². The first kappa shape index (κ1) is 12.3. The number of aliphatic hydroxyl groups is 1. The summed E-state index contributed by atoms with van der Waals surface area (Å²) >= 11 is 0. The fourth-order valence-corrected chi connectivity index (χ4v) is 1.51. The second-order valence-electron chi connectivity index (χ2n) is 3.31. The molecule has 1 rings (SSSR count). The van der Waals surface area contributed by atoms with Gasteiger partial charge in [0.25, 0.3) is 0 Å². The summed E-state index contributed by atoms with van der Waals surface area (Å²) in [7, 11) is 1.42. The number of phenols is 1. The number of methoxy groups -OCH3 is 1. The molecular weight excluding hydrogens is 208 g/mol. The first-order valence-corrected chi connectivity index (χ1v) is 4.82. The van der Waals surface area contributed by atoms with Crippen LogP contribution in [0.3, 0.4) is 0 Å². The van der Waals surface area contributed by atoms with Crippen molar-refractivity contribution in [2.75, 3.05) is 13.7 Å². The Bertz CT molecular complexity index is 412. The van der Waals surface area contributed by atoms with Crippen molar-refractivity contribution in [3.8, 4) is 17.6 Å². The fraction of sp³-hybridized carbons (Fsp3) is 0.364. The zero-order valence-electron chi connectivity index (χ0n) is 8.97. The number of rotatable bonds is 4. The summed E-state index contributed by atoms with van der Waals surface area (Å²) in [5, 5.41) is 27.6. The quantitative estimate of drug-likeness (QED) is 0.694. The Hall–Kier alpha value is -1.77. The Labute approximate surface area is 93.7 Å². The average molecular weight is 222 g/mol. The van der Waals surface area contributed by atoms with Crippen LogP contribution in [0, 0.1) is 11.3 Å². The Morgan fingerprint density at radius 2 is 2.25 bits per heavy atom. The number of nitrogens with two attached hydrogens (primary N) is 1. The van der Waals surface area contributed by atoms with Crippen molar-refractivity contribution in [2.45, 2.75) is 12.5 Å². The maximum atomic E-state index is 9.86. The van der Waals surface area contributed by atoms with Crippen molar-refractivity contribution >= 4 is 0 Å². The third-order valence-electron chi connectivity index (χ3n) is 2.33. The van der Waals surface area contributed by atoms with Crippen molar-refractivity contribution < 1.29 is 14.9 Å². The lowest BCUT2D eigenvalue weighted by molar-refractivity contribution is 0.274. The molecule has 0 fully saturated rings. The molecule has 0 aromatic heterocycles. The number of nitriles is 1. The maximum Gasteiger partial charge on any atom is 0.163 e. The number of phenolic OH excluding ortho intramolecular Hbond substituents is 1. The Balaban J connectivity index is 3.27. The molecule has 1 aromatic carbocycles. The van der Waals surface area contributed by atoms with Crippen LogP contribution in [0.5, 0.6) is 11.5 Å². The summed E-state index contributed by atoms with van der Waals surface area (Å²) in [6.45, 7) is -0.108. The van der Waals surface area contributed by atoms with Crippen LogP contribution in [0.25, 0.3) is 0 Å². The van der Waals surface area contributed by atoms with Crippen molar-refractivity contribution in [3.63, 3.8) is 0 Å². The Kier molecular flexibility index (Phi) is 4.11. The molecule has 0 bridgehead atoms. The number of ether oxygens (including phenoxy) is 1. The fourth-order valence-electron chi connectivity index (χ4n) is 1.51. The number of aliphatic hydroxyl groups excluding tert-OH is 1. The third kappa shape index (κ3) is 2.24. The molecule has 86 valence electrons. The molecule has 0 spiro atoms. The number of benzene rings is 1. The molecule has 5 nitrogen and oxygen atoms in total. The topological polar surface area (TPSA) is 99.5 Å². The molecule has 0 amide bonds. The SMILES string of the molecule is COc1ccc(C#N)c([C@@H](N)CCO)c1O. The highest BCUT2D eigenvalue weighted by Crippen LogP contribution is 2.36. The molecular formula is C11H14N2O3. The predicted molar refractivity (Wildman–Crippen MR) is 58.0 cm³/mol. The van der Waals surface area contributed by atoms with E-state index in [1.54, 1.807) is 0 Å². The molecule has 0 aliphatic carbocycles. The van der Waals surface area contributed by atoms with E-state index in [1.165, 1.54) is 19.2 Å². The zero-order valence-corrected chi connectivity index (χ0v) is 8.97. The van der Waals surface area contributed by atoms with Crippen LogP contribution >= 0.6 is 0 Å². The summed E-state index contributed by atoms with van der Waals surface area (Å²) < 4.78 is 4.94. The van der Waals surface area contributed by atoms with E-state index in [9.17, 15) is 5.11 Å². The molecule has 0 saturated carbocycles. The molecule has 0 heterocycles. The van der Waals surface area contributed by atoms with E-state index in [2.05, 4.69) is 0 Å². The lowest BCUT2D eigenvalue weighted by Crippen LogP contribution is -2.14. The van der Waals surface area contributed by atoms with Crippen LogP contribution in [0.15, 0.2) is 12.1 Å². The highest BCUT2D eigenvalue weighted by Gasteiger charge is 2.18. The van der Waals surface area contributed by atoms with Gasteiger partial charge in [0, 0.05) is 18.2 Å². The minimum absolute atomic E-state index is 0.108. The van der Waals surface area contributed by atoms with Gasteiger partial charge in [-0.3, -0.25) is 0 Å². The number of aromatic hydroxyl groups is 1. The van der Waals surface area contributed by atoms with Gasteiger partial charge >= 0.3 is 0 Å². The smallest absolute Gasteiger partial charge is 0.163 e. The summed E-state index contributed by atoms with van der Waals surface area (Å²) in [5.41, 5.74) is 6.39. The van der Waals surface area contributed by atoms with Gasteiger partial charge in [0.2, 0.25) is 0 Å². The van der Waals surface area contributed by atoms with Crippen molar-refractivity contribution in [3.05, 3.63) is 23.3 Å². The van der Waals surface area contributed by atoms with Crippen molar-refractivity contribution in [1.82, 2.24) is 0 Å². The molecule has 0 aliphatic rings. The molecule has 0 saturated heterocycles. The van der Waals surface area contributed by atoms with Gasteiger partial charge in [-0.15, -0.1) is 0 Å². The maximum absolute atomic E-state index is 9.86. The molecule has 5 heteroatoms. The van der Waals surface area contributed by atoms with Gasteiger partial charge < -0.3 is 20.7 Å². The van der Waals surface area contributed by atoms with Crippen LogP contribution in [-0.4, -0.2) is 23.9 Å². The Morgan fingerprint density at radius 3 is 2.75 bits per heavy atom. The van der Waals surface area contributed by atoms with Crippen LogP contribution < -0.4 is 10.5 Å². The van der Waals surface area contributed by atoms with Crippen LogP contribution in [0.4, 0.5) is 0 Å². The largest absolute Gasteiger partial charge is 0.504 e. The summed E-state index contributed by atoms with van der Waals surface area (Å²) in [6.07, 6.45) is 0.273. The van der Waals surface area contributed by atoms with Gasteiger partial charge in [-0.25, -0.2) is 0 Å². The van der Waals surface area contributed by atoms with E-state index in [0.29, 0.717) is 11.1 Å². The minimum Gasteiger partial charge on any atom is -0.504 e. The van der Waals surface area contributed by atoms with E-state index >= 15 is 0 Å². The van der Waals surface area contributed by atoms with Crippen molar-refractivity contribution in [1.29, 1.82) is 5.26 Å². The normalized spacial score (nSPS) is 11.9. The second-order valence-corrected chi connectivity index (χ2v) is 3.31. The highest BCUT2D eigenvalue weighted by molar-refractivity contribution is 5.55. The van der Waals surface area contributed by atoms with E-state index in [1.807, 2.05) is 6.07 Å². The van der Waals surface area contributed by atoms with E-state index in [-0.39, 0.29) is 24.5 Å². The van der Waals surface area contributed by atoms with Gasteiger partial charge in [0.15, 0.2) is 11.5 Å². The standard InChI is InChI=1S/C11H14N2O3/c1-16-9-3-2-7(6-12)10(11(9)15)8(13)4-5-14/h2-3,8,14-15H,4-5,13H2,1H3/t8-/m0/s1. The minimum atomic E-state index is -0.588. The van der Waals surface area contributed by atoms with Crippen molar-refractivity contribution in [2.24, 2.45) is 5.73 Å². The third-order valence-corrected chi connectivity index (χ3v) is 2.33. The first-order valence-electron chi connectivity index (χ1n) is 4.82. The molecule has 4 N–H and O–H groups in total. The predicted octanol–water partition coefficient (Wildman–Crippen LogP) is 0.655. The van der Waals surface area contributed by atoms with E-state index in [4.69, 9.17) is 20.8 Å². The summed E-state index contributed by atoms with van der Waals surface area (Å²) in [4.78, 5) is 0. The monoisotopic (exact) mass is 222 g/mol. The lowest BCUT2D eigenvalue weighted by Gasteiger charge is -2.15. The van der Waals surface area contributed by atoms with E-state index < -0.39 is 6.04 Å². The van der Waals surface area contributed by atoms with Gasteiger partial charge in [0.05, 0.1) is 18.7 Å². The van der Waals surface area contributed by atoms with Gasteiger partial charge in [-0.05, 0) is 18.6 Å². The average Bonchev–Trinajstić information content (AvgIpc) is 2.28. The molecule has 1 atom stereocenters. The summed E-state index contributed by atoms with van der Waals surface area (Å²) in [5.74, 6) is 0.130. The number of hydrogen-bond acceptors (Lipinski definition) is 5. The molecule has 0 aliphatic heterocycles. The lowest BCUT2D eigenvalue weighted by atomic mass is 9.98.